The smallest absolute Gasteiger partial charge is 0.407 e. The van der Waals surface area contributed by atoms with Crippen LogP contribution in [0.5, 0.6) is 0 Å². The molecule has 2 saturated carbocycles. The Kier molecular flexibility index (Phi) is 14.6. The van der Waals surface area contributed by atoms with Crippen LogP contribution in [0.1, 0.15) is 109 Å². The van der Waals surface area contributed by atoms with Gasteiger partial charge in [0, 0.05) is 6.54 Å². The Labute approximate surface area is 305 Å². The number of ketones is 1. The van der Waals surface area contributed by atoms with Crippen LogP contribution in [0.4, 0.5) is 4.79 Å². The molecule has 1 spiro atoms. The molecule has 3 aliphatic rings. The molecular weight excluding hydrogens is 670 g/mol. The number of hydrogen-bond donors (Lipinski definition) is 5. The van der Waals surface area contributed by atoms with Crippen molar-refractivity contribution in [2.24, 2.45) is 17.3 Å². The first-order valence-electron chi connectivity index (χ1n) is 18.8. The van der Waals surface area contributed by atoms with Gasteiger partial charge in [-0.15, -0.1) is 0 Å². The SMILES string of the molecule is CCCC(NC(=O)C1CC2(CCCC2)CN1C(=O)C(NC(=O)OCC(C)C)C1CCCCC1)C(=O)C(=O)NCC(=O)NC(C(=O)O)c1ccccc1. The first-order chi connectivity index (χ1) is 24.8. The van der Waals surface area contributed by atoms with Gasteiger partial charge in [0.2, 0.25) is 23.5 Å². The van der Waals surface area contributed by atoms with Crippen LogP contribution in [0, 0.1) is 17.3 Å². The second kappa shape index (κ2) is 18.8. The van der Waals surface area contributed by atoms with E-state index in [-0.39, 0.29) is 36.2 Å². The fourth-order valence-corrected chi connectivity index (χ4v) is 7.82. The van der Waals surface area contributed by atoms with Gasteiger partial charge in [-0.2, -0.15) is 0 Å². The van der Waals surface area contributed by atoms with Crippen molar-refractivity contribution in [1.82, 2.24) is 26.2 Å². The third-order valence-corrected chi connectivity index (χ3v) is 10.5. The molecule has 4 unspecified atom stereocenters. The summed E-state index contributed by atoms with van der Waals surface area (Å²) in [6, 6.07) is 3.71. The number of carbonyl (C=O) groups is 7. The average molecular weight is 726 g/mol. The lowest BCUT2D eigenvalue weighted by Crippen LogP contribution is -2.58. The predicted octanol–water partition coefficient (Wildman–Crippen LogP) is 3.39. The minimum atomic E-state index is -1.35. The molecule has 1 saturated heterocycles. The highest BCUT2D eigenvalue weighted by molar-refractivity contribution is 6.38. The van der Waals surface area contributed by atoms with E-state index >= 15 is 0 Å². The molecule has 2 aliphatic carbocycles. The van der Waals surface area contributed by atoms with Gasteiger partial charge in [0.1, 0.15) is 12.1 Å². The number of alkyl carbamates (subject to hydrolysis) is 1. The van der Waals surface area contributed by atoms with Crippen molar-refractivity contribution in [3.63, 3.8) is 0 Å². The van der Waals surface area contributed by atoms with Gasteiger partial charge in [-0.25, -0.2) is 9.59 Å². The van der Waals surface area contributed by atoms with Crippen molar-refractivity contribution in [2.75, 3.05) is 19.7 Å². The number of rotatable bonds is 16. The standard InChI is InChI=1S/C38H55N5O9/c1-4-13-27(32(45)34(47)39-21-29(44)41-31(36(49)50)26-16-9-6-10-17-26)40-33(46)28-20-38(18-11-12-19-38)23-43(28)35(48)30(25-14-7-5-8-15-25)42-37(51)52-22-24(2)3/h6,9-10,16-17,24-25,27-28,30-31H,4-5,7-8,11-15,18-23H2,1-3H3,(H,39,47)(H,40,46)(H,41,44)(H,42,51)(H,49,50). The van der Waals surface area contributed by atoms with Crippen molar-refractivity contribution in [3.05, 3.63) is 35.9 Å². The van der Waals surface area contributed by atoms with Crippen LogP contribution in [-0.4, -0.2) is 89.3 Å². The minimum Gasteiger partial charge on any atom is -0.479 e. The topological polar surface area (TPSA) is 200 Å². The van der Waals surface area contributed by atoms with Crippen molar-refractivity contribution in [3.8, 4) is 0 Å². The predicted molar refractivity (Wildman–Crippen MR) is 191 cm³/mol. The van der Waals surface area contributed by atoms with Crippen molar-refractivity contribution < 1.29 is 43.4 Å². The van der Waals surface area contributed by atoms with Gasteiger partial charge in [-0.1, -0.05) is 89.6 Å². The molecule has 0 bridgehead atoms. The maximum atomic E-state index is 14.5. The molecular formula is C38H55N5O9. The number of benzene rings is 1. The first kappa shape index (κ1) is 40.3. The Balaban J connectivity index is 1.45. The largest absolute Gasteiger partial charge is 0.479 e. The molecule has 3 fully saturated rings. The fraction of sp³-hybridized carbons (Fsp3) is 0.658. The number of aliphatic carboxylic acids is 1. The van der Waals surface area contributed by atoms with Crippen LogP contribution in [0.15, 0.2) is 30.3 Å². The number of nitrogens with zero attached hydrogens (tertiary/aromatic N) is 1. The highest BCUT2D eigenvalue weighted by Gasteiger charge is 2.52. The number of Topliss-reactive ketones (excluding diaryl/α,β-unsaturated/α-hetero) is 1. The molecule has 286 valence electrons. The lowest BCUT2D eigenvalue weighted by atomic mass is 9.83. The van der Waals surface area contributed by atoms with E-state index in [9.17, 15) is 38.7 Å². The van der Waals surface area contributed by atoms with E-state index in [4.69, 9.17) is 4.74 Å². The Morgan fingerprint density at radius 2 is 1.60 bits per heavy atom. The summed E-state index contributed by atoms with van der Waals surface area (Å²) in [5, 5.41) is 19.8. The number of hydrogen-bond acceptors (Lipinski definition) is 8. The zero-order valence-corrected chi connectivity index (χ0v) is 30.6. The summed E-state index contributed by atoms with van der Waals surface area (Å²) in [7, 11) is 0. The zero-order chi connectivity index (χ0) is 37.8. The van der Waals surface area contributed by atoms with Crippen LogP contribution in [-0.2, 0) is 33.5 Å². The van der Waals surface area contributed by atoms with Gasteiger partial charge in [0.15, 0.2) is 6.04 Å². The van der Waals surface area contributed by atoms with Gasteiger partial charge in [0.25, 0.3) is 5.91 Å². The minimum absolute atomic E-state index is 0.106. The van der Waals surface area contributed by atoms with Crippen molar-refractivity contribution in [1.29, 1.82) is 0 Å². The average Bonchev–Trinajstić information content (AvgIpc) is 3.77. The van der Waals surface area contributed by atoms with Crippen LogP contribution < -0.4 is 21.3 Å². The molecule has 4 atom stereocenters. The van der Waals surface area contributed by atoms with Gasteiger partial charge >= 0.3 is 12.1 Å². The number of amides is 5. The molecule has 14 heteroatoms. The van der Waals surface area contributed by atoms with Crippen molar-refractivity contribution in [2.45, 2.75) is 122 Å². The molecule has 1 heterocycles. The van der Waals surface area contributed by atoms with Crippen LogP contribution in [0.25, 0.3) is 0 Å². The summed E-state index contributed by atoms with van der Waals surface area (Å²) >= 11 is 0. The van der Waals surface area contributed by atoms with Gasteiger partial charge in [0.05, 0.1) is 19.2 Å². The molecule has 1 aliphatic heterocycles. The maximum absolute atomic E-state index is 14.5. The van der Waals surface area contributed by atoms with E-state index in [1.165, 1.54) is 0 Å². The third-order valence-electron chi connectivity index (χ3n) is 10.5. The van der Waals surface area contributed by atoms with E-state index in [1.54, 1.807) is 42.2 Å². The Hall–Kier alpha value is -4.49. The number of carboxylic acids is 1. The van der Waals surface area contributed by atoms with Crippen LogP contribution in [0.3, 0.4) is 0 Å². The summed E-state index contributed by atoms with van der Waals surface area (Å²) in [4.78, 5) is 93.7. The van der Waals surface area contributed by atoms with Crippen LogP contribution >= 0.6 is 0 Å². The molecule has 1 aromatic carbocycles. The molecule has 0 aromatic heterocycles. The lowest BCUT2D eigenvalue weighted by Gasteiger charge is -2.35. The summed E-state index contributed by atoms with van der Waals surface area (Å²) < 4.78 is 5.39. The molecule has 52 heavy (non-hydrogen) atoms. The number of carbonyl (C=O) groups excluding carboxylic acids is 6. The molecule has 5 amide bonds. The Bertz CT molecular complexity index is 1440. The first-order valence-corrected chi connectivity index (χ1v) is 18.8. The Morgan fingerprint density at radius 1 is 0.923 bits per heavy atom. The lowest BCUT2D eigenvalue weighted by molar-refractivity contribution is -0.144. The molecule has 5 N–H and O–H groups in total. The monoisotopic (exact) mass is 725 g/mol. The third kappa shape index (κ3) is 10.8. The maximum Gasteiger partial charge on any atom is 0.407 e. The molecule has 1 aromatic rings. The normalized spacial score (nSPS) is 20.1. The van der Waals surface area contributed by atoms with E-state index < -0.39 is 66.3 Å². The highest BCUT2D eigenvalue weighted by Crippen LogP contribution is 2.48. The number of nitrogens with one attached hydrogen (secondary N) is 4. The summed E-state index contributed by atoms with van der Waals surface area (Å²) in [5.41, 5.74) is 0.0809. The molecule has 14 nitrogen and oxygen atoms in total. The highest BCUT2D eigenvalue weighted by atomic mass is 16.5. The van der Waals surface area contributed by atoms with Gasteiger partial charge in [-0.05, 0) is 61.3 Å². The van der Waals surface area contributed by atoms with E-state index in [2.05, 4.69) is 21.3 Å². The second-order valence-electron chi connectivity index (χ2n) is 15.1. The number of carboxylic acid groups (broad SMARTS) is 1. The van der Waals surface area contributed by atoms with Crippen LogP contribution in [0.2, 0.25) is 0 Å². The Morgan fingerprint density at radius 3 is 2.21 bits per heavy atom. The van der Waals surface area contributed by atoms with E-state index in [0.717, 1.165) is 57.8 Å². The van der Waals surface area contributed by atoms with E-state index in [1.807, 2.05) is 13.8 Å². The quantitative estimate of drug-likeness (QED) is 0.159. The zero-order valence-electron chi connectivity index (χ0n) is 30.6. The van der Waals surface area contributed by atoms with Gasteiger partial charge < -0.3 is 36.0 Å². The summed E-state index contributed by atoms with van der Waals surface area (Å²) in [6.07, 6.45) is 8.44. The number of ether oxygens (including phenoxy) is 1. The second-order valence-corrected chi connectivity index (χ2v) is 15.1. The number of likely N-dealkylation sites (tertiary alicyclic amines) is 1. The molecule has 0 radical (unpaired) electrons. The fourth-order valence-electron chi connectivity index (χ4n) is 7.82. The van der Waals surface area contributed by atoms with E-state index in [0.29, 0.717) is 24.9 Å². The molecule has 4 rings (SSSR count). The van der Waals surface area contributed by atoms with Gasteiger partial charge in [-0.3, -0.25) is 24.0 Å². The summed E-state index contributed by atoms with van der Waals surface area (Å²) in [5.74, 6) is -5.05. The van der Waals surface area contributed by atoms with Crippen molar-refractivity contribution >= 4 is 41.5 Å². The summed E-state index contributed by atoms with van der Waals surface area (Å²) in [6.45, 7) is 5.55.